The van der Waals surface area contributed by atoms with E-state index in [-0.39, 0.29) is 11.7 Å². The fraction of sp³-hybridized carbons (Fsp3) is 0.562. The van der Waals surface area contributed by atoms with Gasteiger partial charge < -0.3 is 5.32 Å². The molecular weight excluding hydrogens is 319 g/mol. The number of rotatable bonds is 6. The molecule has 0 unspecified atom stereocenters. The molecule has 0 saturated carbocycles. The summed E-state index contributed by atoms with van der Waals surface area (Å²) in [5.74, 6) is -0.0357. The van der Waals surface area contributed by atoms with Crippen molar-refractivity contribution in [3.8, 4) is 0 Å². The van der Waals surface area contributed by atoms with Crippen molar-refractivity contribution < 1.29 is 17.6 Å². The average molecular weight is 342 g/mol. The van der Waals surface area contributed by atoms with Crippen LogP contribution in [0, 0.1) is 11.7 Å². The van der Waals surface area contributed by atoms with E-state index in [2.05, 4.69) is 5.32 Å². The molecule has 1 heterocycles. The van der Waals surface area contributed by atoms with Crippen molar-refractivity contribution in [3.05, 3.63) is 35.6 Å². The minimum Gasteiger partial charge on any atom is -0.356 e. The van der Waals surface area contributed by atoms with Gasteiger partial charge in [-0.2, -0.15) is 0 Å². The zero-order valence-electron chi connectivity index (χ0n) is 13.3. The van der Waals surface area contributed by atoms with Gasteiger partial charge in [0.15, 0.2) is 0 Å². The lowest BCUT2D eigenvalue weighted by atomic mass is 9.98. The van der Waals surface area contributed by atoms with Crippen LogP contribution in [-0.4, -0.2) is 44.5 Å². The lowest BCUT2D eigenvalue weighted by molar-refractivity contribution is -0.121. The van der Waals surface area contributed by atoms with Gasteiger partial charge in [0.1, 0.15) is 5.82 Å². The minimum absolute atomic E-state index is 0.0557. The molecule has 7 heteroatoms. The maximum atomic E-state index is 13.1. The Kier molecular flexibility index (Phi) is 6.12. The highest BCUT2D eigenvalue weighted by Crippen LogP contribution is 2.18. The van der Waals surface area contributed by atoms with E-state index in [1.54, 1.807) is 12.1 Å². The summed E-state index contributed by atoms with van der Waals surface area (Å²) in [6.07, 6.45) is 3.58. The van der Waals surface area contributed by atoms with Crippen LogP contribution < -0.4 is 5.32 Å². The molecule has 0 aliphatic carbocycles. The molecular formula is C16H23FN2O3S. The fourth-order valence-corrected chi connectivity index (χ4v) is 3.62. The Morgan fingerprint density at radius 2 is 2.04 bits per heavy atom. The molecule has 0 bridgehead atoms. The average Bonchev–Trinajstić information content (AvgIpc) is 2.50. The summed E-state index contributed by atoms with van der Waals surface area (Å²) in [6.45, 7) is 1.60. The van der Waals surface area contributed by atoms with E-state index in [0.29, 0.717) is 38.4 Å². The largest absolute Gasteiger partial charge is 0.356 e. The third-order valence-electron chi connectivity index (χ3n) is 4.16. The van der Waals surface area contributed by atoms with Crippen molar-refractivity contribution >= 4 is 15.9 Å². The van der Waals surface area contributed by atoms with Crippen molar-refractivity contribution in [1.82, 2.24) is 9.62 Å². The van der Waals surface area contributed by atoms with Crippen molar-refractivity contribution in [2.75, 3.05) is 25.9 Å². The number of hydrogen-bond acceptors (Lipinski definition) is 3. The highest BCUT2D eigenvalue weighted by Gasteiger charge is 2.24. The van der Waals surface area contributed by atoms with Crippen LogP contribution in [0.3, 0.4) is 0 Å². The Bertz CT molecular complexity index is 640. The summed E-state index contributed by atoms with van der Waals surface area (Å²) in [4.78, 5) is 11.9. The van der Waals surface area contributed by atoms with E-state index >= 15 is 0 Å². The van der Waals surface area contributed by atoms with Crippen LogP contribution in [0.15, 0.2) is 24.3 Å². The molecule has 1 fully saturated rings. The molecule has 2 rings (SSSR count). The molecule has 1 N–H and O–H groups in total. The Morgan fingerprint density at radius 3 is 2.65 bits per heavy atom. The monoisotopic (exact) mass is 342 g/mol. The van der Waals surface area contributed by atoms with Gasteiger partial charge >= 0.3 is 0 Å². The molecule has 1 aliphatic rings. The summed E-state index contributed by atoms with van der Waals surface area (Å²) in [6, 6.07) is 6.26. The van der Waals surface area contributed by atoms with Crippen LogP contribution in [0.5, 0.6) is 0 Å². The second kappa shape index (κ2) is 7.88. The van der Waals surface area contributed by atoms with E-state index < -0.39 is 10.0 Å². The first kappa shape index (κ1) is 17.9. The zero-order valence-corrected chi connectivity index (χ0v) is 14.1. The summed E-state index contributed by atoms with van der Waals surface area (Å²) in [7, 11) is -3.11. The number of aryl methyl sites for hydroxylation is 1. The molecule has 0 radical (unpaired) electrons. The van der Waals surface area contributed by atoms with E-state index in [0.717, 1.165) is 18.4 Å². The number of halogens is 1. The van der Waals surface area contributed by atoms with Gasteiger partial charge in [0.25, 0.3) is 0 Å². The maximum Gasteiger partial charge on any atom is 0.220 e. The smallest absolute Gasteiger partial charge is 0.220 e. The molecule has 128 valence electrons. The van der Waals surface area contributed by atoms with Crippen molar-refractivity contribution in [3.63, 3.8) is 0 Å². The molecule has 1 saturated heterocycles. The normalized spacial score (nSPS) is 17.1. The van der Waals surface area contributed by atoms with Crippen LogP contribution in [0.25, 0.3) is 0 Å². The first-order valence-electron chi connectivity index (χ1n) is 7.81. The molecule has 0 aromatic heterocycles. The Hall–Kier alpha value is -1.47. The van der Waals surface area contributed by atoms with Gasteiger partial charge in [-0.25, -0.2) is 17.1 Å². The topological polar surface area (TPSA) is 66.5 Å². The van der Waals surface area contributed by atoms with Gasteiger partial charge in [0.05, 0.1) is 6.26 Å². The molecule has 1 amide bonds. The van der Waals surface area contributed by atoms with Crippen LogP contribution in [0.1, 0.15) is 24.8 Å². The van der Waals surface area contributed by atoms with Gasteiger partial charge in [-0.05, 0) is 42.9 Å². The Labute approximate surface area is 136 Å². The Balaban J connectivity index is 1.67. The summed E-state index contributed by atoms with van der Waals surface area (Å²) in [5, 5.41) is 2.89. The van der Waals surface area contributed by atoms with Gasteiger partial charge in [-0.3, -0.25) is 4.79 Å². The van der Waals surface area contributed by atoms with Crippen molar-refractivity contribution in [2.45, 2.75) is 25.7 Å². The standard InChI is InChI=1S/C16H23FN2O3S/c1-23(21,22)19-9-7-14(8-10-19)12-18-16(20)6-5-13-3-2-4-15(17)11-13/h2-4,11,14H,5-10,12H2,1H3,(H,18,20). The molecule has 0 atom stereocenters. The SMILES string of the molecule is CS(=O)(=O)N1CCC(CNC(=O)CCc2cccc(F)c2)CC1. The second-order valence-corrected chi connectivity index (χ2v) is 8.02. The third kappa shape index (κ3) is 5.91. The molecule has 0 spiro atoms. The van der Waals surface area contributed by atoms with Crippen molar-refractivity contribution in [2.24, 2.45) is 5.92 Å². The van der Waals surface area contributed by atoms with Gasteiger partial charge in [-0.15, -0.1) is 0 Å². The van der Waals surface area contributed by atoms with Crippen LogP contribution >= 0.6 is 0 Å². The Morgan fingerprint density at radius 1 is 1.35 bits per heavy atom. The predicted octanol–water partition coefficient (Wildman–Crippen LogP) is 1.55. The molecule has 1 aromatic carbocycles. The number of nitrogens with zero attached hydrogens (tertiary/aromatic N) is 1. The minimum atomic E-state index is -3.11. The third-order valence-corrected chi connectivity index (χ3v) is 5.46. The number of piperidine rings is 1. The van der Waals surface area contributed by atoms with Crippen LogP contribution in [0.2, 0.25) is 0 Å². The number of hydrogen-bond donors (Lipinski definition) is 1. The maximum absolute atomic E-state index is 13.1. The second-order valence-electron chi connectivity index (χ2n) is 6.04. The van der Waals surface area contributed by atoms with Gasteiger partial charge in [-0.1, -0.05) is 12.1 Å². The lowest BCUT2D eigenvalue weighted by Gasteiger charge is -2.30. The predicted molar refractivity (Wildman–Crippen MR) is 86.9 cm³/mol. The molecule has 1 aliphatic heterocycles. The number of nitrogens with one attached hydrogen (secondary N) is 1. The number of benzene rings is 1. The van der Waals surface area contributed by atoms with Crippen LogP contribution in [0.4, 0.5) is 4.39 Å². The van der Waals surface area contributed by atoms with Gasteiger partial charge in [0.2, 0.25) is 15.9 Å². The van der Waals surface area contributed by atoms with Crippen molar-refractivity contribution in [1.29, 1.82) is 0 Å². The van der Waals surface area contributed by atoms with Gasteiger partial charge in [0, 0.05) is 26.1 Å². The molecule has 23 heavy (non-hydrogen) atoms. The summed E-state index contributed by atoms with van der Waals surface area (Å²) < 4.78 is 37.4. The van der Waals surface area contributed by atoms with E-state index in [9.17, 15) is 17.6 Å². The highest BCUT2D eigenvalue weighted by molar-refractivity contribution is 7.88. The molecule has 5 nitrogen and oxygen atoms in total. The number of carbonyl (C=O) groups excluding carboxylic acids is 1. The molecule has 1 aromatic rings. The zero-order chi connectivity index (χ0) is 16.9. The number of amides is 1. The summed E-state index contributed by atoms with van der Waals surface area (Å²) >= 11 is 0. The fourth-order valence-electron chi connectivity index (χ4n) is 2.74. The summed E-state index contributed by atoms with van der Waals surface area (Å²) in [5.41, 5.74) is 0.807. The van der Waals surface area contributed by atoms with E-state index in [1.165, 1.54) is 22.7 Å². The first-order valence-corrected chi connectivity index (χ1v) is 9.65. The van der Waals surface area contributed by atoms with E-state index in [1.807, 2.05) is 0 Å². The highest BCUT2D eigenvalue weighted by atomic mass is 32.2. The lowest BCUT2D eigenvalue weighted by Crippen LogP contribution is -2.41. The van der Waals surface area contributed by atoms with E-state index in [4.69, 9.17) is 0 Å². The van der Waals surface area contributed by atoms with Crippen LogP contribution in [-0.2, 0) is 21.2 Å². The quantitative estimate of drug-likeness (QED) is 0.853. The first-order chi connectivity index (χ1) is 10.8. The number of sulfonamides is 1. The number of carbonyl (C=O) groups is 1.